The summed E-state index contributed by atoms with van der Waals surface area (Å²) in [4.78, 5) is 26.7. The van der Waals surface area contributed by atoms with Crippen LogP contribution in [0.25, 0.3) is 11.0 Å². The summed E-state index contributed by atoms with van der Waals surface area (Å²) >= 11 is 0. The predicted molar refractivity (Wildman–Crippen MR) is 96.5 cm³/mol. The molecule has 0 aliphatic carbocycles. The van der Waals surface area contributed by atoms with Crippen LogP contribution in [0.3, 0.4) is 0 Å². The molecular formula is C19H20N2O5. The van der Waals surface area contributed by atoms with Gasteiger partial charge in [0.05, 0.1) is 19.4 Å². The molecule has 136 valence electrons. The number of hydrogen-bond donors (Lipinski definition) is 1. The van der Waals surface area contributed by atoms with Crippen LogP contribution in [0.1, 0.15) is 22.2 Å². The maximum atomic E-state index is 12.5. The summed E-state index contributed by atoms with van der Waals surface area (Å²) < 4.78 is 15.9. The SMILES string of the molecule is COc1cccc2cc(C(=O)NCC(c3ccco3)N(C)C)c(=O)oc12. The third-order valence-electron chi connectivity index (χ3n) is 4.14. The van der Waals surface area contributed by atoms with Crippen LogP contribution in [0, 0.1) is 0 Å². The van der Waals surface area contributed by atoms with E-state index < -0.39 is 11.5 Å². The second-order valence-electron chi connectivity index (χ2n) is 6.03. The molecule has 0 radical (unpaired) electrons. The minimum atomic E-state index is -0.709. The first kappa shape index (κ1) is 17.8. The molecule has 1 atom stereocenters. The molecule has 2 heterocycles. The van der Waals surface area contributed by atoms with E-state index in [1.807, 2.05) is 25.1 Å². The molecule has 26 heavy (non-hydrogen) atoms. The van der Waals surface area contributed by atoms with E-state index in [1.165, 1.54) is 13.2 Å². The zero-order valence-corrected chi connectivity index (χ0v) is 14.8. The Hall–Kier alpha value is -3.06. The van der Waals surface area contributed by atoms with Crippen LogP contribution in [0.15, 0.2) is 56.3 Å². The standard InChI is InChI=1S/C19H20N2O5/c1-21(2)14(15-8-5-9-25-15)11-20-18(22)13-10-12-6-4-7-16(24-3)17(12)26-19(13)23/h4-10,14H,11H2,1-3H3,(H,20,22). The second-order valence-corrected chi connectivity index (χ2v) is 6.03. The van der Waals surface area contributed by atoms with E-state index in [9.17, 15) is 9.59 Å². The number of carbonyl (C=O) groups excluding carboxylic acids is 1. The van der Waals surface area contributed by atoms with Gasteiger partial charge in [0, 0.05) is 11.9 Å². The number of methoxy groups -OCH3 is 1. The summed E-state index contributed by atoms with van der Waals surface area (Å²) in [5, 5.41) is 3.39. The molecule has 1 N–H and O–H groups in total. The van der Waals surface area contributed by atoms with Crippen molar-refractivity contribution < 1.29 is 18.4 Å². The Bertz CT molecular complexity index is 960. The summed E-state index contributed by atoms with van der Waals surface area (Å²) in [6, 6.07) is 10.2. The van der Waals surface area contributed by atoms with Crippen molar-refractivity contribution in [3.05, 3.63) is 64.4 Å². The van der Waals surface area contributed by atoms with Gasteiger partial charge in [-0.2, -0.15) is 0 Å². The molecule has 0 bridgehead atoms. The van der Waals surface area contributed by atoms with Crippen molar-refractivity contribution in [3.63, 3.8) is 0 Å². The van der Waals surface area contributed by atoms with Crippen LogP contribution >= 0.6 is 0 Å². The predicted octanol–water partition coefficient (Wildman–Crippen LogP) is 2.43. The van der Waals surface area contributed by atoms with Crippen LogP contribution < -0.4 is 15.7 Å². The molecular weight excluding hydrogens is 336 g/mol. The third-order valence-corrected chi connectivity index (χ3v) is 4.14. The van der Waals surface area contributed by atoms with Crippen molar-refractivity contribution in [2.24, 2.45) is 0 Å². The lowest BCUT2D eigenvalue weighted by Crippen LogP contribution is -2.36. The van der Waals surface area contributed by atoms with Crippen molar-refractivity contribution in [2.45, 2.75) is 6.04 Å². The molecule has 1 unspecified atom stereocenters. The van der Waals surface area contributed by atoms with Crippen molar-refractivity contribution >= 4 is 16.9 Å². The van der Waals surface area contributed by atoms with Gasteiger partial charge in [-0.1, -0.05) is 12.1 Å². The number of nitrogens with one attached hydrogen (secondary N) is 1. The molecule has 0 fully saturated rings. The van der Waals surface area contributed by atoms with Gasteiger partial charge in [-0.25, -0.2) is 4.79 Å². The number of carbonyl (C=O) groups is 1. The number of nitrogens with zero attached hydrogens (tertiary/aromatic N) is 1. The summed E-state index contributed by atoms with van der Waals surface area (Å²) in [5.74, 6) is 0.671. The summed E-state index contributed by atoms with van der Waals surface area (Å²) in [5.41, 5.74) is -0.445. The Morgan fingerprint density at radius 2 is 2.08 bits per heavy atom. The van der Waals surface area contributed by atoms with E-state index in [0.29, 0.717) is 16.7 Å². The molecule has 3 rings (SSSR count). The number of rotatable bonds is 6. The topological polar surface area (TPSA) is 84.9 Å². The molecule has 7 heteroatoms. The lowest BCUT2D eigenvalue weighted by molar-refractivity contribution is 0.0935. The molecule has 0 aliphatic heterocycles. The summed E-state index contributed by atoms with van der Waals surface area (Å²) in [6.07, 6.45) is 1.58. The van der Waals surface area contributed by atoms with E-state index >= 15 is 0 Å². The van der Waals surface area contributed by atoms with Gasteiger partial charge in [-0.05, 0) is 38.4 Å². The van der Waals surface area contributed by atoms with Gasteiger partial charge in [-0.15, -0.1) is 0 Å². The zero-order chi connectivity index (χ0) is 18.7. The highest BCUT2D eigenvalue weighted by Gasteiger charge is 2.20. The summed E-state index contributed by atoms with van der Waals surface area (Å²) in [7, 11) is 5.26. The highest BCUT2D eigenvalue weighted by atomic mass is 16.5. The molecule has 0 saturated carbocycles. The molecule has 0 spiro atoms. The van der Waals surface area contributed by atoms with Gasteiger partial charge in [-0.3, -0.25) is 9.69 Å². The molecule has 0 saturated heterocycles. The fraction of sp³-hybridized carbons (Fsp3) is 0.263. The fourth-order valence-electron chi connectivity index (χ4n) is 2.74. The highest BCUT2D eigenvalue weighted by molar-refractivity contribution is 5.97. The van der Waals surface area contributed by atoms with E-state index in [-0.39, 0.29) is 18.2 Å². The average Bonchev–Trinajstić information content (AvgIpc) is 3.14. The summed E-state index contributed by atoms with van der Waals surface area (Å²) in [6.45, 7) is 0.287. The minimum absolute atomic E-state index is 0.0531. The maximum absolute atomic E-state index is 12.5. The van der Waals surface area contributed by atoms with Crippen molar-refractivity contribution in [1.29, 1.82) is 0 Å². The average molecular weight is 356 g/mol. The number of para-hydroxylation sites is 1. The Morgan fingerprint density at radius 3 is 2.73 bits per heavy atom. The molecule has 0 aliphatic rings. The Labute approximate surface area is 150 Å². The normalized spacial score (nSPS) is 12.3. The molecule has 7 nitrogen and oxygen atoms in total. The Balaban J connectivity index is 1.84. The van der Waals surface area contributed by atoms with E-state index in [0.717, 1.165) is 5.76 Å². The lowest BCUT2D eigenvalue weighted by Gasteiger charge is -2.22. The number of ether oxygens (including phenoxy) is 1. The van der Waals surface area contributed by atoms with E-state index in [2.05, 4.69) is 5.32 Å². The quantitative estimate of drug-likeness (QED) is 0.683. The van der Waals surface area contributed by atoms with Crippen molar-refractivity contribution in [3.8, 4) is 5.75 Å². The number of fused-ring (bicyclic) bond motifs is 1. The molecule has 2 aromatic heterocycles. The molecule has 1 aromatic carbocycles. The Morgan fingerprint density at radius 1 is 1.27 bits per heavy atom. The molecule has 3 aromatic rings. The monoisotopic (exact) mass is 356 g/mol. The van der Waals surface area contributed by atoms with Crippen LogP contribution in [0.5, 0.6) is 5.75 Å². The number of hydrogen-bond acceptors (Lipinski definition) is 6. The molecule has 1 amide bonds. The first-order valence-corrected chi connectivity index (χ1v) is 8.10. The van der Waals surface area contributed by atoms with E-state index in [4.69, 9.17) is 13.6 Å². The first-order valence-electron chi connectivity index (χ1n) is 8.10. The number of likely N-dealkylation sites (N-methyl/N-ethyl adjacent to an activating group) is 1. The highest BCUT2D eigenvalue weighted by Crippen LogP contribution is 2.24. The number of benzene rings is 1. The Kier molecular flexibility index (Phi) is 5.09. The van der Waals surface area contributed by atoms with Gasteiger partial charge in [0.25, 0.3) is 5.91 Å². The van der Waals surface area contributed by atoms with Gasteiger partial charge in [0.15, 0.2) is 11.3 Å². The number of amides is 1. The van der Waals surface area contributed by atoms with Crippen LogP contribution in [-0.4, -0.2) is 38.6 Å². The zero-order valence-electron chi connectivity index (χ0n) is 14.8. The number of furan rings is 1. The van der Waals surface area contributed by atoms with Gasteiger partial charge < -0.3 is 18.9 Å². The second kappa shape index (κ2) is 7.45. The smallest absolute Gasteiger partial charge is 0.349 e. The maximum Gasteiger partial charge on any atom is 0.349 e. The van der Waals surface area contributed by atoms with Gasteiger partial charge >= 0.3 is 5.63 Å². The van der Waals surface area contributed by atoms with Gasteiger partial charge in [0.1, 0.15) is 11.3 Å². The minimum Gasteiger partial charge on any atom is -0.493 e. The third kappa shape index (κ3) is 3.48. The first-order chi connectivity index (χ1) is 12.5. The largest absolute Gasteiger partial charge is 0.493 e. The van der Waals surface area contributed by atoms with Crippen molar-refractivity contribution in [2.75, 3.05) is 27.7 Å². The van der Waals surface area contributed by atoms with Crippen LogP contribution in [-0.2, 0) is 0 Å². The van der Waals surface area contributed by atoms with Gasteiger partial charge in [0.2, 0.25) is 0 Å². The van der Waals surface area contributed by atoms with E-state index in [1.54, 1.807) is 30.5 Å². The lowest BCUT2D eigenvalue weighted by atomic mass is 10.1. The fourth-order valence-corrected chi connectivity index (χ4v) is 2.74. The van der Waals surface area contributed by atoms with Crippen LogP contribution in [0.2, 0.25) is 0 Å². The van der Waals surface area contributed by atoms with Crippen molar-refractivity contribution in [1.82, 2.24) is 10.2 Å². The van der Waals surface area contributed by atoms with Crippen LogP contribution in [0.4, 0.5) is 0 Å².